The van der Waals surface area contributed by atoms with Gasteiger partial charge in [0.05, 0.1) is 6.54 Å². The predicted molar refractivity (Wildman–Crippen MR) is 81.0 cm³/mol. The third kappa shape index (κ3) is 3.95. The molecule has 0 spiro atoms. The topological polar surface area (TPSA) is 75.4 Å². The number of carbonyl (C=O) groups is 2. The minimum Gasteiger partial charge on any atom is -0.355 e. The lowest BCUT2D eigenvalue weighted by Crippen LogP contribution is -2.33. The van der Waals surface area contributed by atoms with Gasteiger partial charge in [0.15, 0.2) is 0 Å². The van der Waals surface area contributed by atoms with Crippen LogP contribution in [0.5, 0.6) is 0 Å². The maximum atomic E-state index is 12.1. The van der Waals surface area contributed by atoms with Crippen molar-refractivity contribution in [3.8, 4) is 0 Å². The van der Waals surface area contributed by atoms with Gasteiger partial charge in [-0.05, 0) is 24.5 Å². The molecule has 1 aromatic rings. The summed E-state index contributed by atoms with van der Waals surface area (Å²) in [6.07, 6.45) is 2.01. The molecule has 2 amide bonds. The smallest absolute Gasteiger partial charge is 0.233 e. The number of para-hydroxylation sites is 1. The van der Waals surface area contributed by atoms with Crippen molar-refractivity contribution >= 4 is 29.9 Å². The summed E-state index contributed by atoms with van der Waals surface area (Å²) in [6.45, 7) is 1.25. The molecule has 1 aliphatic heterocycles. The summed E-state index contributed by atoms with van der Waals surface area (Å²) in [5, 5.41) is 2.66. The molecule has 1 heterocycles. The van der Waals surface area contributed by atoms with Crippen LogP contribution in [0.2, 0.25) is 0 Å². The van der Waals surface area contributed by atoms with Crippen LogP contribution >= 0.6 is 12.4 Å². The molecule has 110 valence electrons. The predicted octanol–water partition coefficient (Wildman–Crippen LogP) is 0.853. The van der Waals surface area contributed by atoms with E-state index >= 15 is 0 Å². The molecule has 0 bridgehead atoms. The van der Waals surface area contributed by atoms with Gasteiger partial charge in [-0.2, -0.15) is 0 Å². The number of halogens is 1. The Morgan fingerprint density at radius 1 is 1.30 bits per heavy atom. The normalized spacial score (nSPS) is 12.6. The van der Waals surface area contributed by atoms with Gasteiger partial charge in [-0.25, -0.2) is 0 Å². The molecule has 0 saturated heterocycles. The highest BCUT2D eigenvalue weighted by molar-refractivity contribution is 5.95. The average Bonchev–Trinajstić information content (AvgIpc) is 2.87. The molecule has 0 saturated carbocycles. The first kappa shape index (κ1) is 16.5. The average molecular weight is 298 g/mol. The van der Waals surface area contributed by atoms with Crippen LogP contribution in [0.15, 0.2) is 24.3 Å². The molecule has 0 fully saturated rings. The maximum absolute atomic E-state index is 12.1. The van der Waals surface area contributed by atoms with Gasteiger partial charge >= 0.3 is 0 Å². The zero-order valence-corrected chi connectivity index (χ0v) is 12.1. The van der Waals surface area contributed by atoms with Crippen LogP contribution in [-0.4, -0.2) is 31.4 Å². The fraction of sp³-hybridized carbons (Fsp3) is 0.429. The molecule has 6 heteroatoms. The highest BCUT2D eigenvalue weighted by Gasteiger charge is 2.23. The number of carbonyl (C=O) groups excluding carboxylic acids is 2. The van der Waals surface area contributed by atoms with Crippen LogP contribution in [0.4, 0.5) is 5.69 Å². The second-order valence-electron chi connectivity index (χ2n) is 4.58. The quantitative estimate of drug-likeness (QED) is 0.791. The van der Waals surface area contributed by atoms with Crippen molar-refractivity contribution in [2.24, 2.45) is 5.73 Å². The Morgan fingerprint density at radius 2 is 2.05 bits per heavy atom. The molecule has 0 aromatic heterocycles. The number of nitrogens with two attached hydrogens (primary N) is 1. The van der Waals surface area contributed by atoms with Gasteiger partial charge in [-0.3, -0.25) is 9.59 Å². The SMILES string of the molecule is Cl.NCC(=O)NCCCC(=O)N1CCc2ccccc21. The van der Waals surface area contributed by atoms with Crippen LogP contribution in [0.1, 0.15) is 18.4 Å². The Balaban J connectivity index is 0.00000200. The van der Waals surface area contributed by atoms with E-state index in [0.29, 0.717) is 19.4 Å². The van der Waals surface area contributed by atoms with E-state index in [9.17, 15) is 9.59 Å². The third-order valence-electron chi connectivity index (χ3n) is 3.26. The van der Waals surface area contributed by atoms with Gasteiger partial charge in [0, 0.05) is 25.2 Å². The summed E-state index contributed by atoms with van der Waals surface area (Å²) < 4.78 is 0. The standard InChI is InChI=1S/C14H19N3O2.ClH/c15-10-13(18)16-8-3-6-14(19)17-9-7-11-4-1-2-5-12(11)17;/h1-2,4-5H,3,6-10,15H2,(H,16,18);1H. The summed E-state index contributed by atoms with van der Waals surface area (Å²) in [5.41, 5.74) is 7.43. The fourth-order valence-corrected chi connectivity index (χ4v) is 2.27. The number of hydrogen-bond donors (Lipinski definition) is 2. The van der Waals surface area contributed by atoms with Crippen LogP contribution in [0.25, 0.3) is 0 Å². The molecule has 0 unspecified atom stereocenters. The summed E-state index contributed by atoms with van der Waals surface area (Å²) in [5.74, 6) is -0.0640. The molecule has 0 atom stereocenters. The van der Waals surface area contributed by atoms with Gasteiger partial charge in [-0.15, -0.1) is 12.4 Å². The van der Waals surface area contributed by atoms with E-state index in [1.165, 1.54) is 5.56 Å². The van der Waals surface area contributed by atoms with E-state index in [0.717, 1.165) is 18.7 Å². The second kappa shape index (κ2) is 7.87. The van der Waals surface area contributed by atoms with Gasteiger partial charge in [0.1, 0.15) is 0 Å². The van der Waals surface area contributed by atoms with E-state index in [1.54, 1.807) is 0 Å². The molecule has 0 aliphatic carbocycles. The van der Waals surface area contributed by atoms with Crippen LogP contribution in [0, 0.1) is 0 Å². The van der Waals surface area contributed by atoms with Crippen molar-refractivity contribution in [3.05, 3.63) is 29.8 Å². The summed E-state index contributed by atoms with van der Waals surface area (Å²) in [7, 11) is 0. The number of anilines is 1. The Labute approximate surface area is 124 Å². The molecular weight excluding hydrogens is 278 g/mol. The first-order valence-corrected chi connectivity index (χ1v) is 6.57. The number of benzene rings is 1. The van der Waals surface area contributed by atoms with Gasteiger partial charge in [-0.1, -0.05) is 18.2 Å². The summed E-state index contributed by atoms with van der Waals surface area (Å²) >= 11 is 0. The molecule has 5 nitrogen and oxygen atoms in total. The van der Waals surface area contributed by atoms with Crippen LogP contribution in [-0.2, 0) is 16.0 Å². The Bertz CT molecular complexity index is 479. The lowest BCUT2D eigenvalue weighted by atomic mass is 10.2. The minimum atomic E-state index is -0.182. The van der Waals surface area contributed by atoms with E-state index in [-0.39, 0.29) is 30.8 Å². The highest BCUT2D eigenvalue weighted by Crippen LogP contribution is 2.27. The van der Waals surface area contributed by atoms with E-state index in [2.05, 4.69) is 11.4 Å². The lowest BCUT2D eigenvalue weighted by molar-refractivity contribution is -0.121. The summed E-state index contributed by atoms with van der Waals surface area (Å²) in [6, 6.07) is 7.99. The highest BCUT2D eigenvalue weighted by atomic mass is 35.5. The van der Waals surface area contributed by atoms with Gasteiger partial charge in [0.2, 0.25) is 11.8 Å². The maximum Gasteiger partial charge on any atom is 0.233 e. The first-order valence-electron chi connectivity index (χ1n) is 6.57. The second-order valence-corrected chi connectivity index (χ2v) is 4.58. The van der Waals surface area contributed by atoms with Crippen molar-refractivity contribution in [1.82, 2.24) is 5.32 Å². The summed E-state index contributed by atoms with van der Waals surface area (Å²) in [4.78, 5) is 24.9. The van der Waals surface area contributed by atoms with Gasteiger partial charge < -0.3 is 16.0 Å². The fourth-order valence-electron chi connectivity index (χ4n) is 2.27. The van der Waals surface area contributed by atoms with E-state index < -0.39 is 0 Å². The number of hydrogen-bond acceptors (Lipinski definition) is 3. The number of amides is 2. The van der Waals surface area contributed by atoms with Crippen molar-refractivity contribution < 1.29 is 9.59 Å². The Hall–Kier alpha value is -1.59. The Kier molecular flexibility index (Phi) is 6.48. The van der Waals surface area contributed by atoms with Crippen molar-refractivity contribution in [2.75, 3.05) is 24.5 Å². The zero-order chi connectivity index (χ0) is 13.7. The molecular formula is C14H20ClN3O2. The van der Waals surface area contributed by atoms with E-state index in [4.69, 9.17) is 5.73 Å². The van der Waals surface area contributed by atoms with Crippen LogP contribution in [0.3, 0.4) is 0 Å². The molecule has 2 rings (SSSR count). The Morgan fingerprint density at radius 3 is 2.80 bits per heavy atom. The van der Waals surface area contributed by atoms with Crippen molar-refractivity contribution in [3.63, 3.8) is 0 Å². The number of nitrogens with one attached hydrogen (secondary N) is 1. The molecule has 20 heavy (non-hydrogen) atoms. The van der Waals surface area contributed by atoms with E-state index in [1.807, 2.05) is 23.1 Å². The van der Waals surface area contributed by atoms with Gasteiger partial charge in [0.25, 0.3) is 0 Å². The van der Waals surface area contributed by atoms with Crippen LogP contribution < -0.4 is 16.0 Å². The van der Waals surface area contributed by atoms with Crippen molar-refractivity contribution in [2.45, 2.75) is 19.3 Å². The third-order valence-corrected chi connectivity index (χ3v) is 3.26. The number of rotatable bonds is 5. The number of fused-ring (bicyclic) bond motifs is 1. The molecule has 3 N–H and O–H groups in total. The number of nitrogens with zero attached hydrogens (tertiary/aromatic N) is 1. The monoisotopic (exact) mass is 297 g/mol. The largest absolute Gasteiger partial charge is 0.355 e. The molecule has 1 aliphatic rings. The first-order chi connectivity index (χ1) is 9.22. The van der Waals surface area contributed by atoms with Crippen molar-refractivity contribution in [1.29, 1.82) is 0 Å². The molecule has 1 aromatic carbocycles. The zero-order valence-electron chi connectivity index (χ0n) is 11.3. The lowest BCUT2D eigenvalue weighted by Gasteiger charge is -2.17. The molecule has 0 radical (unpaired) electrons. The minimum absolute atomic E-state index is 0.